The van der Waals surface area contributed by atoms with Crippen LogP contribution in [0.3, 0.4) is 0 Å². The van der Waals surface area contributed by atoms with Crippen molar-refractivity contribution in [3.8, 4) is 11.6 Å². The van der Waals surface area contributed by atoms with Crippen LogP contribution in [0.5, 0.6) is 0 Å². The molecule has 0 radical (unpaired) electrons. The fourth-order valence-electron chi connectivity index (χ4n) is 2.68. The molecular formula is C16H16N4O. The summed E-state index contributed by atoms with van der Waals surface area (Å²) >= 11 is 0. The van der Waals surface area contributed by atoms with Gasteiger partial charge >= 0.3 is 0 Å². The van der Waals surface area contributed by atoms with Gasteiger partial charge in [-0.1, -0.05) is 6.07 Å². The van der Waals surface area contributed by atoms with Gasteiger partial charge in [0.25, 0.3) is 0 Å². The van der Waals surface area contributed by atoms with Crippen molar-refractivity contribution in [2.45, 2.75) is 19.9 Å². The molecule has 0 atom stereocenters. The Morgan fingerprint density at radius 2 is 2.19 bits per heavy atom. The van der Waals surface area contributed by atoms with Gasteiger partial charge in [0.1, 0.15) is 23.0 Å². The molecular weight excluding hydrogens is 264 g/mol. The third-order valence-electron chi connectivity index (χ3n) is 3.76. The average molecular weight is 280 g/mol. The van der Waals surface area contributed by atoms with E-state index in [2.05, 4.69) is 19.9 Å². The molecule has 4 heterocycles. The lowest BCUT2D eigenvalue weighted by atomic mass is 10.1. The van der Waals surface area contributed by atoms with E-state index in [0.717, 1.165) is 48.2 Å². The summed E-state index contributed by atoms with van der Waals surface area (Å²) in [4.78, 5) is 14.5. The molecule has 0 bridgehead atoms. The second-order valence-corrected chi connectivity index (χ2v) is 5.30. The van der Waals surface area contributed by atoms with Crippen LogP contribution >= 0.6 is 0 Å². The van der Waals surface area contributed by atoms with Crippen LogP contribution in [0.4, 0.5) is 5.82 Å². The minimum atomic E-state index is 0.677. The average Bonchev–Trinajstić information content (AvgIpc) is 3.13. The van der Waals surface area contributed by atoms with Crippen molar-refractivity contribution in [1.29, 1.82) is 0 Å². The Kier molecular flexibility index (Phi) is 2.77. The number of nitrogens with one attached hydrogen (secondary N) is 1. The normalized spacial score (nSPS) is 14.2. The van der Waals surface area contributed by atoms with E-state index in [1.165, 1.54) is 0 Å². The van der Waals surface area contributed by atoms with Gasteiger partial charge < -0.3 is 14.3 Å². The van der Waals surface area contributed by atoms with Crippen molar-refractivity contribution >= 4 is 5.82 Å². The summed E-state index contributed by atoms with van der Waals surface area (Å²) in [5, 5.41) is 0. The molecule has 0 amide bonds. The van der Waals surface area contributed by atoms with Crippen molar-refractivity contribution in [3.63, 3.8) is 0 Å². The maximum atomic E-state index is 5.90. The highest BCUT2D eigenvalue weighted by Gasteiger charge is 2.23. The quantitative estimate of drug-likeness (QED) is 0.784. The molecule has 4 rings (SSSR count). The van der Waals surface area contributed by atoms with Gasteiger partial charge in [-0.25, -0.2) is 9.97 Å². The summed E-state index contributed by atoms with van der Waals surface area (Å²) in [6.45, 7) is 3.67. The Morgan fingerprint density at radius 3 is 2.95 bits per heavy atom. The number of fused-ring (bicyclic) bond motifs is 1. The molecule has 0 aliphatic carbocycles. The summed E-state index contributed by atoms with van der Waals surface area (Å²) < 4.78 is 5.90. The fourth-order valence-corrected chi connectivity index (χ4v) is 2.68. The molecule has 5 nitrogen and oxygen atoms in total. The first-order valence-corrected chi connectivity index (χ1v) is 7.10. The minimum Gasteiger partial charge on any atom is -0.440 e. The third kappa shape index (κ3) is 2.20. The Labute approximate surface area is 122 Å². The van der Waals surface area contributed by atoms with Crippen LogP contribution in [0, 0.1) is 6.92 Å². The number of aryl methyl sites for hydroxylation is 1. The molecule has 0 fully saturated rings. The summed E-state index contributed by atoms with van der Waals surface area (Å²) in [5.41, 5.74) is 3.05. The van der Waals surface area contributed by atoms with Crippen LogP contribution < -0.4 is 4.90 Å². The molecule has 1 aliphatic heterocycles. The molecule has 0 spiro atoms. The summed E-state index contributed by atoms with van der Waals surface area (Å²) in [6.07, 6.45) is 2.68. The van der Waals surface area contributed by atoms with Crippen molar-refractivity contribution < 1.29 is 4.42 Å². The van der Waals surface area contributed by atoms with Crippen LogP contribution in [0.1, 0.15) is 17.1 Å². The van der Waals surface area contributed by atoms with E-state index >= 15 is 0 Å². The molecule has 3 aromatic heterocycles. The van der Waals surface area contributed by atoms with Gasteiger partial charge in [-0.2, -0.15) is 0 Å². The highest BCUT2D eigenvalue weighted by molar-refractivity contribution is 5.50. The van der Waals surface area contributed by atoms with E-state index in [1.54, 1.807) is 0 Å². The Morgan fingerprint density at radius 1 is 1.24 bits per heavy atom. The number of aromatic nitrogens is 3. The lowest BCUT2D eigenvalue weighted by molar-refractivity contribution is 0.497. The maximum Gasteiger partial charge on any atom is 0.243 e. The topological polar surface area (TPSA) is 58.0 Å². The first kappa shape index (κ1) is 12.2. The first-order valence-electron chi connectivity index (χ1n) is 7.10. The molecule has 1 aliphatic rings. The molecule has 0 aromatic carbocycles. The SMILES string of the molecule is Cc1ccc(-c2nc3c(o2)CCN(c2ccccn2)C3)[nH]1. The summed E-state index contributed by atoms with van der Waals surface area (Å²) in [5.74, 6) is 2.66. The Balaban J connectivity index is 1.63. The number of hydrogen-bond acceptors (Lipinski definition) is 4. The Hall–Kier alpha value is -2.56. The van der Waals surface area contributed by atoms with Gasteiger partial charge in [0, 0.05) is 24.9 Å². The number of pyridine rings is 1. The van der Waals surface area contributed by atoms with E-state index in [-0.39, 0.29) is 0 Å². The van der Waals surface area contributed by atoms with Gasteiger partial charge in [0.2, 0.25) is 5.89 Å². The van der Waals surface area contributed by atoms with Gasteiger partial charge in [-0.05, 0) is 31.2 Å². The van der Waals surface area contributed by atoms with Crippen LogP contribution in [-0.2, 0) is 13.0 Å². The predicted octanol–water partition coefficient (Wildman–Crippen LogP) is 2.94. The zero-order chi connectivity index (χ0) is 14.2. The van der Waals surface area contributed by atoms with Gasteiger partial charge in [-0.15, -0.1) is 0 Å². The van der Waals surface area contributed by atoms with Crippen molar-refractivity contribution in [3.05, 3.63) is 53.7 Å². The van der Waals surface area contributed by atoms with Crippen LogP contribution in [-0.4, -0.2) is 21.5 Å². The number of nitrogens with zero attached hydrogens (tertiary/aromatic N) is 3. The highest BCUT2D eigenvalue weighted by atomic mass is 16.4. The molecule has 106 valence electrons. The van der Waals surface area contributed by atoms with Crippen LogP contribution in [0.2, 0.25) is 0 Å². The third-order valence-corrected chi connectivity index (χ3v) is 3.76. The molecule has 1 N–H and O–H groups in total. The molecule has 0 saturated carbocycles. The summed E-state index contributed by atoms with van der Waals surface area (Å²) in [7, 11) is 0. The Bertz CT molecular complexity index is 760. The number of aromatic amines is 1. The number of anilines is 1. The van der Waals surface area contributed by atoms with Gasteiger partial charge in [0.15, 0.2) is 0 Å². The minimum absolute atomic E-state index is 0.677. The van der Waals surface area contributed by atoms with Crippen molar-refractivity contribution in [2.24, 2.45) is 0 Å². The van der Waals surface area contributed by atoms with E-state index < -0.39 is 0 Å². The van der Waals surface area contributed by atoms with Crippen LogP contribution in [0.15, 0.2) is 40.9 Å². The smallest absolute Gasteiger partial charge is 0.243 e. The monoisotopic (exact) mass is 280 g/mol. The number of rotatable bonds is 2. The highest BCUT2D eigenvalue weighted by Crippen LogP contribution is 2.27. The van der Waals surface area contributed by atoms with Gasteiger partial charge in [0.05, 0.1) is 6.54 Å². The van der Waals surface area contributed by atoms with Crippen LogP contribution in [0.25, 0.3) is 11.6 Å². The second kappa shape index (κ2) is 4.77. The van der Waals surface area contributed by atoms with E-state index in [1.807, 2.05) is 43.5 Å². The van der Waals surface area contributed by atoms with E-state index in [0.29, 0.717) is 5.89 Å². The summed E-state index contributed by atoms with van der Waals surface area (Å²) in [6, 6.07) is 10.00. The molecule has 0 unspecified atom stereocenters. The zero-order valence-corrected chi connectivity index (χ0v) is 11.8. The lowest BCUT2D eigenvalue weighted by Gasteiger charge is -2.26. The number of H-pyrrole nitrogens is 1. The molecule has 0 saturated heterocycles. The zero-order valence-electron chi connectivity index (χ0n) is 11.8. The second-order valence-electron chi connectivity index (χ2n) is 5.30. The number of oxazole rings is 1. The lowest BCUT2D eigenvalue weighted by Crippen LogP contribution is -2.30. The fraction of sp³-hybridized carbons (Fsp3) is 0.250. The maximum absolute atomic E-state index is 5.90. The molecule has 5 heteroatoms. The van der Waals surface area contributed by atoms with E-state index in [4.69, 9.17) is 4.42 Å². The van der Waals surface area contributed by atoms with Crippen molar-refractivity contribution in [1.82, 2.24) is 15.0 Å². The largest absolute Gasteiger partial charge is 0.440 e. The molecule has 21 heavy (non-hydrogen) atoms. The van der Waals surface area contributed by atoms with Crippen molar-refractivity contribution in [2.75, 3.05) is 11.4 Å². The standard InChI is InChI=1S/C16H16N4O/c1-11-5-6-12(18-11)16-19-13-10-20(9-7-14(13)21-16)15-4-2-3-8-17-15/h2-6,8,18H,7,9-10H2,1H3. The number of hydrogen-bond donors (Lipinski definition) is 1. The molecule has 3 aromatic rings. The van der Waals surface area contributed by atoms with Gasteiger partial charge in [-0.3, -0.25) is 0 Å². The predicted molar refractivity (Wildman–Crippen MR) is 80.0 cm³/mol. The van der Waals surface area contributed by atoms with E-state index in [9.17, 15) is 0 Å². The first-order chi connectivity index (χ1) is 10.3.